The summed E-state index contributed by atoms with van der Waals surface area (Å²) in [6.45, 7) is 16.2. The summed E-state index contributed by atoms with van der Waals surface area (Å²) >= 11 is 1.50. The molecule has 0 spiro atoms. The van der Waals surface area contributed by atoms with Crippen LogP contribution in [0, 0.1) is 11.8 Å². The summed E-state index contributed by atoms with van der Waals surface area (Å²) in [6, 6.07) is 0. The number of rotatable bonds is 5. The van der Waals surface area contributed by atoms with Crippen molar-refractivity contribution in [1.82, 2.24) is 0 Å². The number of aliphatic imine (C=N–C) groups is 1. The molecule has 0 radical (unpaired) electrons. The van der Waals surface area contributed by atoms with Crippen LogP contribution in [0.5, 0.6) is 0 Å². The number of hydrogen-bond donors (Lipinski definition) is 0. The predicted octanol–water partition coefficient (Wildman–Crippen LogP) is 5.14. The Bertz CT molecular complexity index is 509. The van der Waals surface area contributed by atoms with Crippen LogP contribution in [0.3, 0.4) is 0 Å². The average molecular weight is 291 g/mol. The molecule has 0 amide bonds. The molecule has 1 rings (SSSR count). The number of nitrogens with zero attached hydrogens (tertiary/aromatic N) is 1. The molecule has 0 aromatic carbocycles. The van der Waals surface area contributed by atoms with Crippen molar-refractivity contribution in [2.75, 3.05) is 0 Å². The van der Waals surface area contributed by atoms with Crippen LogP contribution in [0.4, 0.5) is 0 Å². The van der Waals surface area contributed by atoms with E-state index in [2.05, 4.69) is 32.3 Å². The molecule has 1 aliphatic heterocycles. The zero-order valence-electron chi connectivity index (χ0n) is 13.4. The molecular weight excluding hydrogens is 266 g/mol. The van der Waals surface area contributed by atoms with Crippen molar-refractivity contribution in [2.45, 2.75) is 48.0 Å². The highest BCUT2D eigenvalue weighted by atomic mass is 32.2. The molecule has 1 unspecified atom stereocenters. The lowest BCUT2D eigenvalue weighted by atomic mass is 9.91. The van der Waals surface area contributed by atoms with Gasteiger partial charge in [0.2, 0.25) is 0 Å². The van der Waals surface area contributed by atoms with Crippen molar-refractivity contribution in [3.63, 3.8) is 0 Å². The summed E-state index contributed by atoms with van der Waals surface area (Å²) in [6.07, 6.45) is 2.64. The second kappa shape index (κ2) is 7.07. The van der Waals surface area contributed by atoms with Crippen LogP contribution in [0.15, 0.2) is 39.4 Å². The molecule has 110 valence electrons. The molecular formula is C17H25NOS. The van der Waals surface area contributed by atoms with E-state index in [1.54, 1.807) is 6.20 Å². The third kappa shape index (κ3) is 3.32. The first-order valence-corrected chi connectivity index (χ1v) is 7.99. The molecule has 0 bridgehead atoms. The molecule has 0 aliphatic carbocycles. The molecule has 0 saturated carbocycles. The largest absolute Gasteiger partial charge is 0.293 e. The zero-order valence-corrected chi connectivity index (χ0v) is 14.2. The Morgan fingerprint density at radius 1 is 1.40 bits per heavy atom. The molecule has 1 aliphatic rings. The molecule has 1 heterocycles. The van der Waals surface area contributed by atoms with Crippen LogP contribution < -0.4 is 0 Å². The van der Waals surface area contributed by atoms with E-state index >= 15 is 0 Å². The van der Waals surface area contributed by atoms with Gasteiger partial charge in [-0.05, 0) is 31.8 Å². The molecule has 3 heteroatoms. The Hall–Kier alpha value is -1.09. The Balaban J connectivity index is 3.40. The van der Waals surface area contributed by atoms with Crippen LogP contribution in [-0.2, 0) is 4.79 Å². The minimum Gasteiger partial charge on any atom is -0.293 e. The van der Waals surface area contributed by atoms with E-state index in [1.807, 2.05) is 20.8 Å². The van der Waals surface area contributed by atoms with Gasteiger partial charge in [-0.15, -0.1) is 0 Å². The first-order valence-electron chi connectivity index (χ1n) is 7.18. The van der Waals surface area contributed by atoms with Gasteiger partial charge < -0.3 is 0 Å². The highest BCUT2D eigenvalue weighted by molar-refractivity contribution is 8.19. The summed E-state index contributed by atoms with van der Waals surface area (Å²) in [7, 11) is 0. The number of carbonyl (C=O) groups is 1. The van der Waals surface area contributed by atoms with Gasteiger partial charge in [-0.25, -0.2) is 4.99 Å². The number of allylic oxidation sites excluding steroid dienone is 3. The normalized spacial score (nSPS) is 21.6. The van der Waals surface area contributed by atoms with Crippen LogP contribution >= 0.6 is 11.8 Å². The van der Waals surface area contributed by atoms with Gasteiger partial charge in [-0.3, -0.25) is 4.79 Å². The van der Waals surface area contributed by atoms with E-state index in [0.717, 1.165) is 27.5 Å². The van der Waals surface area contributed by atoms with Gasteiger partial charge in [0, 0.05) is 17.7 Å². The Labute approximate surface area is 127 Å². The molecule has 0 saturated heterocycles. The van der Waals surface area contributed by atoms with Crippen LogP contribution in [0.25, 0.3) is 0 Å². The smallest absolute Gasteiger partial charge is 0.172 e. The minimum absolute atomic E-state index is 0.0145. The summed E-state index contributed by atoms with van der Waals surface area (Å²) < 4.78 is 0. The number of thioether (sulfide) groups is 1. The standard InChI is InChI=1S/C17H25NOS/c1-8-11(5)12(6)14-13(7)16(15(19)10(3)4)20-17(14)18-9-2/h9-11H,2,8H2,1,3-7H3/b14-12+,18-17+. The topological polar surface area (TPSA) is 29.4 Å². The van der Waals surface area contributed by atoms with Gasteiger partial charge in [-0.2, -0.15) is 0 Å². The fraction of sp³-hybridized carbons (Fsp3) is 0.529. The van der Waals surface area contributed by atoms with E-state index in [9.17, 15) is 4.79 Å². The minimum atomic E-state index is 0.0145. The van der Waals surface area contributed by atoms with E-state index in [4.69, 9.17) is 0 Å². The maximum Gasteiger partial charge on any atom is 0.172 e. The fourth-order valence-corrected chi connectivity index (χ4v) is 3.51. The lowest BCUT2D eigenvalue weighted by Crippen LogP contribution is -2.08. The highest BCUT2D eigenvalue weighted by Gasteiger charge is 2.31. The van der Waals surface area contributed by atoms with Gasteiger partial charge in [0.25, 0.3) is 0 Å². The number of carbonyl (C=O) groups excluding carboxylic acids is 1. The average Bonchev–Trinajstić information content (AvgIpc) is 2.73. The van der Waals surface area contributed by atoms with E-state index in [-0.39, 0.29) is 11.7 Å². The van der Waals surface area contributed by atoms with Gasteiger partial charge in [0.15, 0.2) is 5.78 Å². The number of hydrogen-bond acceptors (Lipinski definition) is 3. The van der Waals surface area contributed by atoms with Gasteiger partial charge in [-0.1, -0.05) is 51.6 Å². The summed E-state index contributed by atoms with van der Waals surface area (Å²) in [5, 5.41) is 0.916. The second-order valence-corrected chi connectivity index (χ2v) is 6.56. The predicted molar refractivity (Wildman–Crippen MR) is 89.9 cm³/mol. The lowest BCUT2D eigenvalue weighted by Gasteiger charge is -2.14. The quantitative estimate of drug-likeness (QED) is 0.702. The molecule has 0 aromatic heterocycles. The van der Waals surface area contributed by atoms with E-state index in [0.29, 0.717) is 5.92 Å². The number of ketones is 1. The lowest BCUT2D eigenvalue weighted by molar-refractivity contribution is -0.117. The highest BCUT2D eigenvalue weighted by Crippen LogP contribution is 2.42. The van der Waals surface area contributed by atoms with E-state index in [1.165, 1.54) is 17.3 Å². The Kier molecular flexibility index (Phi) is 6.00. The fourth-order valence-electron chi connectivity index (χ4n) is 2.19. The molecule has 0 aromatic rings. The van der Waals surface area contributed by atoms with Crippen molar-refractivity contribution in [2.24, 2.45) is 16.8 Å². The van der Waals surface area contributed by atoms with Crippen molar-refractivity contribution in [3.05, 3.63) is 34.4 Å². The molecule has 1 atom stereocenters. The van der Waals surface area contributed by atoms with E-state index < -0.39 is 0 Å². The van der Waals surface area contributed by atoms with Gasteiger partial charge >= 0.3 is 0 Å². The first-order chi connectivity index (χ1) is 9.34. The summed E-state index contributed by atoms with van der Waals surface area (Å²) in [5.41, 5.74) is 3.53. The molecule has 20 heavy (non-hydrogen) atoms. The monoisotopic (exact) mass is 291 g/mol. The third-order valence-electron chi connectivity index (χ3n) is 3.83. The van der Waals surface area contributed by atoms with Gasteiger partial charge in [0.1, 0.15) is 5.04 Å². The van der Waals surface area contributed by atoms with Crippen molar-refractivity contribution >= 4 is 22.6 Å². The molecule has 0 fully saturated rings. The SMILES string of the molecule is C=C/N=C1/SC(C(=O)C(C)C)=C(C)/C1=C(/C)C(C)CC. The van der Waals surface area contributed by atoms with Crippen molar-refractivity contribution < 1.29 is 4.79 Å². The van der Waals surface area contributed by atoms with Gasteiger partial charge in [0.05, 0.1) is 4.91 Å². The van der Waals surface area contributed by atoms with Crippen LogP contribution in [0.1, 0.15) is 48.0 Å². The Morgan fingerprint density at radius 2 is 2.00 bits per heavy atom. The maximum absolute atomic E-state index is 12.3. The molecule has 2 nitrogen and oxygen atoms in total. The summed E-state index contributed by atoms with van der Waals surface area (Å²) in [4.78, 5) is 17.6. The van der Waals surface area contributed by atoms with Crippen molar-refractivity contribution in [1.29, 1.82) is 0 Å². The molecule has 0 N–H and O–H groups in total. The van der Waals surface area contributed by atoms with Crippen LogP contribution in [0.2, 0.25) is 0 Å². The number of Topliss-reactive ketones (excluding diaryl/α,β-unsaturated/α-hetero) is 1. The second-order valence-electron chi connectivity index (χ2n) is 5.56. The maximum atomic E-state index is 12.3. The van der Waals surface area contributed by atoms with Crippen LogP contribution in [-0.4, -0.2) is 10.8 Å². The summed E-state index contributed by atoms with van der Waals surface area (Å²) in [5.74, 6) is 0.709. The first kappa shape index (κ1) is 17.0. The zero-order chi connectivity index (χ0) is 15.4. The Morgan fingerprint density at radius 3 is 2.45 bits per heavy atom. The third-order valence-corrected chi connectivity index (χ3v) is 5.05. The van der Waals surface area contributed by atoms with Crippen molar-refractivity contribution in [3.8, 4) is 0 Å².